The molecule has 2 rings (SSSR count). The second-order valence-corrected chi connectivity index (χ2v) is 4.51. The zero-order valence-corrected chi connectivity index (χ0v) is 10.6. The van der Waals surface area contributed by atoms with E-state index in [1.165, 1.54) is 0 Å². The van der Waals surface area contributed by atoms with Gasteiger partial charge < -0.3 is 5.32 Å². The highest BCUT2D eigenvalue weighted by molar-refractivity contribution is 6.21. The van der Waals surface area contributed by atoms with Crippen LogP contribution in [0.3, 0.4) is 0 Å². The summed E-state index contributed by atoms with van der Waals surface area (Å²) in [5.41, 5.74) is 2.13. The van der Waals surface area contributed by atoms with Crippen LogP contribution in [-0.4, -0.2) is 14.8 Å². The minimum Gasteiger partial charge on any atom is -0.377 e. The van der Waals surface area contributed by atoms with Crippen molar-refractivity contribution in [1.29, 1.82) is 0 Å². The van der Waals surface area contributed by atoms with Gasteiger partial charge in [0.25, 0.3) is 0 Å². The number of nitrogens with zero attached hydrogens (tertiary/aromatic N) is 3. The summed E-state index contributed by atoms with van der Waals surface area (Å²) >= 11 is 6.13. The van der Waals surface area contributed by atoms with Gasteiger partial charge in [0.15, 0.2) is 0 Å². The molecule has 1 aromatic carbocycles. The van der Waals surface area contributed by atoms with Gasteiger partial charge in [0.2, 0.25) is 0 Å². The fourth-order valence-electron chi connectivity index (χ4n) is 1.66. The fourth-order valence-corrected chi connectivity index (χ4v) is 1.85. The Morgan fingerprint density at radius 3 is 2.82 bits per heavy atom. The number of hydrogen-bond donors (Lipinski definition) is 1. The molecule has 0 aliphatic heterocycles. The van der Waals surface area contributed by atoms with Gasteiger partial charge in [-0.15, -0.1) is 11.6 Å². The third-order valence-corrected chi connectivity index (χ3v) is 2.87. The third-order valence-electron chi connectivity index (χ3n) is 2.63. The molecule has 0 bridgehead atoms. The molecular weight excluding hydrogens is 236 g/mol. The lowest BCUT2D eigenvalue weighted by molar-refractivity contribution is 0.711. The Kier molecular flexibility index (Phi) is 3.64. The van der Waals surface area contributed by atoms with Crippen LogP contribution in [0, 0.1) is 0 Å². The van der Waals surface area contributed by atoms with Crippen molar-refractivity contribution in [3.63, 3.8) is 0 Å². The average Bonchev–Trinajstić information content (AvgIpc) is 2.72. The summed E-state index contributed by atoms with van der Waals surface area (Å²) in [4.78, 5) is 4.16. The summed E-state index contributed by atoms with van der Waals surface area (Å²) in [5, 5.41) is 7.34. The van der Waals surface area contributed by atoms with Crippen molar-refractivity contribution >= 4 is 17.3 Å². The van der Waals surface area contributed by atoms with Gasteiger partial charge in [-0.3, -0.25) is 4.68 Å². The van der Waals surface area contributed by atoms with Crippen LogP contribution in [0.5, 0.6) is 0 Å². The normalized spacial score (nSPS) is 12.4. The van der Waals surface area contributed by atoms with Gasteiger partial charge in [-0.2, -0.15) is 5.10 Å². The zero-order chi connectivity index (χ0) is 12.3. The van der Waals surface area contributed by atoms with Gasteiger partial charge in [0.05, 0.1) is 11.9 Å². The van der Waals surface area contributed by atoms with Crippen LogP contribution >= 0.6 is 11.6 Å². The summed E-state index contributed by atoms with van der Waals surface area (Å²) in [6.45, 7) is 2.60. The average molecular weight is 251 g/mol. The van der Waals surface area contributed by atoms with Crippen molar-refractivity contribution in [2.45, 2.75) is 18.8 Å². The molecule has 0 saturated carbocycles. The summed E-state index contributed by atoms with van der Waals surface area (Å²) in [6, 6.07) is 8.02. The van der Waals surface area contributed by atoms with Crippen LogP contribution < -0.4 is 5.32 Å². The SMILES string of the molecule is CC(Cl)c1ccccc1NCc1ncnn1C. The maximum absolute atomic E-state index is 6.13. The standard InChI is InChI=1S/C12H15ClN4/c1-9(13)10-5-3-4-6-11(10)14-7-12-15-8-16-17(12)2/h3-6,8-9,14H,7H2,1-2H3. The summed E-state index contributed by atoms with van der Waals surface area (Å²) < 4.78 is 1.75. The molecule has 0 spiro atoms. The first kappa shape index (κ1) is 11.9. The van der Waals surface area contributed by atoms with Crippen LogP contribution in [0.25, 0.3) is 0 Å². The van der Waals surface area contributed by atoms with E-state index in [0.29, 0.717) is 6.54 Å². The molecular formula is C12H15ClN4. The molecule has 1 atom stereocenters. The largest absolute Gasteiger partial charge is 0.377 e. The first-order valence-corrected chi connectivity index (χ1v) is 5.92. The van der Waals surface area contributed by atoms with E-state index >= 15 is 0 Å². The first-order chi connectivity index (χ1) is 8.18. The molecule has 0 saturated heterocycles. The number of hydrogen-bond acceptors (Lipinski definition) is 3. The van der Waals surface area contributed by atoms with E-state index < -0.39 is 0 Å². The second-order valence-electron chi connectivity index (χ2n) is 3.86. The molecule has 90 valence electrons. The van der Waals surface area contributed by atoms with Crippen molar-refractivity contribution in [3.8, 4) is 0 Å². The number of halogens is 1. The molecule has 2 aromatic rings. The summed E-state index contributed by atoms with van der Waals surface area (Å²) in [7, 11) is 1.88. The van der Waals surface area contributed by atoms with E-state index in [4.69, 9.17) is 11.6 Å². The molecule has 5 heteroatoms. The topological polar surface area (TPSA) is 42.7 Å². The van der Waals surface area contributed by atoms with Crippen LogP contribution in [-0.2, 0) is 13.6 Å². The Morgan fingerprint density at radius 1 is 1.41 bits per heavy atom. The molecule has 1 heterocycles. The smallest absolute Gasteiger partial charge is 0.145 e. The maximum atomic E-state index is 6.13. The number of benzene rings is 1. The van der Waals surface area contributed by atoms with Gasteiger partial charge in [-0.05, 0) is 18.6 Å². The fraction of sp³-hybridized carbons (Fsp3) is 0.333. The molecule has 1 N–H and O–H groups in total. The molecule has 0 radical (unpaired) electrons. The molecule has 0 amide bonds. The quantitative estimate of drug-likeness (QED) is 0.849. The summed E-state index contributed by atoms with van der Waals surface area (Å²) in [5.74, 6) is 0.891. The van der Waals surface area contributed by atoms with Gasteiger partial charge >= 0.3 is 0 Å². The van der Waals surface area contributed by atoms with Gasteiger partial charge in [-0.25, -0.2) is 4.98 Å². The molecule has 1 aromatic heterocycles. The van der Waals surface area contributed by atoms with Gasteiger partial charge in [0, 0.05) is 12.7 Å². The lowest BCUT2D eigenvalue weighted by atomic mass is 10.1. The van der Waals surface area contributed by atoms with Crippen LogP contribution in [0.1, 0.15) is 23.7 Å². The van der Waals surface area contributed by atoms with E-state index in [1.54, 1.807) is 11.0 Å². The second kappa shape index (κ2) is 5.19. The highest BCUT2D eigenvalue weighted by Crippen LogP contribution is 2.27. The molecule has 0 fully saturated rings. The Bertz CT molecular complexity index is 493. The number of para-hydroxylation sites is 1. The van der Waals surface area contributed by atoms with E-state index in [1.807, 2.05) is 38.2 Å². The minimum atomic E-state index is -0.0156. The number of rotatable bonds is 4. The molecule has 0 aliphatic rings. The van der Waals surface area contributed by atoms with Crippen LogP contribution in [0.4, 0.5) is 5.69 Å². The predicted octanol–water partition coefficient (Wildman–Crippen LogP) is 2.73. The van der Waals surface area contributed by atoms with Crippen molar-refractivity contribution < 1.29 is 0 Å². The monoisotopic (exact) mass is 250 g/mol. The number of anilines is 1. The van der Waals surface area contributed by atoms with E-state index in [0.717, 1.165) is 17.1 Å². The van der Waals surface area contributed by atoms with Crippen molar-refractivity contribution in [2.75, 3.05) is 5.32 Å². The van der Waals surface area contributed by atoms with Crippen LogP contribution in [0.15, 0.2) is 30.6 Å². The predicted molar refractivity (Wildman–Crippen MR) is 69.0 cm³/mol. The molecule has 1 unspecified atom stereocenters. The van der Waals surface area contributed by atoms with Crippen molar-refractivity contribution in [1.82, 2.24) is 14.8 Å². The third kappa shape index (κ3) is 2.77. The first-order valence-electron chi connectivity index (χ1n) is 5.48. The Labute approximate surface area is 106 Å². The Balaban J connectivity index is 2.11. The van der Waals surface area contributed by atoms with Crippen molar-refractivity contribution in [2.24, 2.45) is 7.05 Å². The number of nitrogens with one attached hydrogen (secondary N) is 1. The lowest BCUT2D eigenvalue weighted by Crippen LogP contribution is -2.08. The highest BCUT2D eigenvalue weighted by Gasteiger charge is 2.07. The zero-order valence-electron chi connectivity index (χ0n) is 9.89. The Morgan fingerprint density at radius 2 is 2.18 bits per heavy atom. The molecule has 4 nitrogen and oxygen atoms in total. The maximum Gasteiger partial charge on any atom is 0.145 e. The van der Waals surface area contributed by atoms with Crippen LogP contribution in [0.2, 0.25) is 0 Å². The molecule has 0 aliphatic carbocycles. The Hall–Kier alpha value is -1.55. The van der Waals surface area contributed by atoms with Gasteiger partial charge in [0.1, 0.15) is 12.2 Å². The van der Waals surface area contributed by atoms with E-state index in [2.05, 4.69) is 15.4 Å². The molecule has 17 heavy (non-hydrogen) atoms. The highest BCUT2D eigenvalue weighted by atomic mass is 35.5. The minimum absolute atomic E-state index is 0.0156. The summed E-state index contributed by atoms with van der Waals surface area (Å²) in [6.07, 6.45) is 1.55. The van der Waals surface area contributed by atoms with Crippen molar-refractivity contribution in [3.05, 3.63) is 42.0 Å². The van der Waals surface area contributed by atoms with E-state index in [-0.39, 0.29) is 5.38 Å². The van der Waals surface area contributed by atoms with E-state index in [9.17, 15) is 0 Å². The number of aryl methyl sites for hydroxylation is 1. The number of alkyl halides is 1. The lowest BCUT2D eigenvalue weighted by Gasteiger charge is -2.12. The van der Waals surface area contributed by atoms with Gasteiger partial charge in [-0.1, -0.05) is 18.2 Å². The number of aromatic nitrogens is 3.